The summed E-state index contributed by atoms with van der Waals surface area (Å²) in [7, 11) is -13.2. The number of aliphatic carboxylic acids is 1. The van der Waals surface area contributed by atoms with E-state index in [1.54, 1.807) is 59.5 Å². The number of thioether (sulfide) groups is 2. The minimum Gasteiger partial charge on any atom is -0.481 e. The highest BCUT2D eigenvalue weighted by Crippen LogP contribution is 2.54. The minimum atomic E-state index is -4.43. The summed E-state index contributed by atoms with van der Waals surface area (Å²) in [5.41, 5.74) is 7.71. The van der Waals surface area contributed by atoms with E-state index in [2.05, 4.69) is 30.4 Å². The zero-order chi connectivity index (χ0) is 50.1. The Morgan fingerprint density at radius 1 is 0.620 bits per heavy atom. The van der Waals surface area contributed by atoms with Crippen LogP contribution in [-0.2, 0) is 41.6 Å². The van der Waals surface area contributed by atoms with E-state index in [0.29, 0.717) is 16.7 Å². The number of allylic oxidation sites excluding steroid dienone is 8. The van der Waals surface area contributed by atoms with Crippen LogP contribution >= 0.6 is 34.9 Å². The predicted octanol–water partition coefficient (Wildman–Crippen LogP) is 12.9. The Balaban J connectivity index is 1.15. The molecule has 71 heavy (non-hydrogen) atoms. The molecule has 9 rings (SSSR count). The second-order valence-electron chi connectivity index (χ2n) is 17.0. The largest absolute Gasteiger partial charge is 0.481 e. The molecular formula is C54H43O11S6+. The smallest absolute Gasteiger partial charge is 0.307 e. The summed E-state index contributed by atoms with van der Waals surface area (Å²) in [5, 5.41) is 9.46. The maximum absolute atomic E-state index is 11.9. The van der Waals surface area contributed by atoms with Gasteiger partial charge in [-0.05, 0) is 155 Å². The number of carbonyl (C=O) groups is 1. The van der Waals surface area contributed by atoms with Crippen LogP contribution in [0.5, 0.6) is 0 Å². The van der Waals surface area contributed by atoms with E-state index in [4.69, 9.17) is 0 Å². The molecule has 6 aromatic rings. The summed E-state index contributed by atoms with van der Waals surface area (Å²) >= 11 is 4.71. The van der Waals surface area contributed by atoms with Crippen molar-refractivity contribution in [1.82, 2.24) is 0 Å². The average molecular weight is 1060 g/mol. The van der Waals surface area contributed by atoms with Crippen LogP contribution in [0.1, 0.15) is 40.8 Å². The molecule has 4 N–H and O–H groups in total. The second kappa shape index (κ2) is 20.6. The molecule has 1 fully saturated rings. The van der Waals surface area contributed by atoms with Crippen molar-refractivity contribution in [3.63, 3.8) is 0 Å². The minimum absolute atomic E-state index is 0.0979. The van der Waals surface area contributed by atoms with Crippen LogP contribution in [0.4, 0.5) is 0 Å². The molecule has 3 aliphatic rings. The van der Waals surface area contributed by atoms with Gasteiger partial charge in [-0.3, -0.25) is 18.5 Å². The number of hydrogen-bond acceptors (Lipinski definition) is 9. The molecule has 360 valence electrons. The van der Waals surface area contributed by atoms with Gasteiger partial charge in [0.25, 0.3) is 30.4 Å². The molecule has 1 aliphatic heterocycles. The maximum Gasteiger partial charge on any atom is 0.307 e. The lowest BCUT2D eigenvalue weighted by Crippen LogP contribution is -2.12. The molecule has 0 amide bonds. The van der Waals surface area contributed by atoms with Gasteiger partial charge in [0.1, 0.15) is 0 Å². The lowest BCUT2D eigenvalue weighted by molar-refractivity contribution is -0.136. The van der Waals surface area contributed by atoms with Crippen LogP contribution < -0.4 is 0 Å². The van der Waals surface area contributed by atoms with Gasteiger partial charge < -0.3 is 5.11 Å². The van der Waals surface area contributed by atoms with Crippen molar-refractivity contribution in [2.45, 2.75) is 45.3 Å². The van der Waals surface area contributed by atoms with Gasteiger partial charge >= 0.3 is 5.97 Å². The number of carboxylic acids is 1. The van der Waals surface area contributed by atoms with Gasteiger partial charge in [-0.15, -0.1) is 0 Å². The Morgan fingerprint density at radius 2 is 1.20 bits per heavy atom. The highest BCUT2D eigenvalue weighted by Gasteiger charge is 2.37. The fourth-order valence-electron chi connectivity index (χ4n) is 8.80. The molecule has 5 aromatic carbocycles. The third-order valence-corrected chi connectivity index (χ3v) is 18.2. The van der Waals surface area contributed by atoms with Gasteiger partial charge in [-0.2, -0.15) is 25.3 Å². The molecule has 1 aromatic heterocycles. The molecule has 1 saturated carbocycles. The monoisotopic (exact) mass is 1060 g/mol. The number of hydrogen-bond donors (Lipinski definition) is 4. The van der Waals surface area contributed by atoms with Crippen molar-refractivity contribution in [3.05, 3.63) is 212 Å². The van der Waals surface area contributed by atoms with E-state index in [1.165, 1.54) is 48.2 Å². The van der Waals surface area contributed by atoms with Crippen molar-refractivity contribution >= 4 is 87.7 Å². The molecular weight excluding hydrogens is 1020 g/mol. The van der Waals surface area contributed by atoms with Crippen molar-refractivity contribution in [2.75, 3.05) is 0 Å². The quantitative estimate of drug-likeness (QED) is 0.0594. The number of carboxylic acid groups (broad SMARTS) is 1. The molecule has 2 bridgehead atoms. The first-order chi connectivity index (χ1) is 33.8. The molecule has 0 saturated heterocycles. The molecule has 2 aliphatic carbocycles. The fraction of sp³-hybridized carbons (Fsp3) is 0.111. The molecule has 2 atom stereocenters. The third kappa shape index (κ3) is 12.0. The first-order valence-corrected chi connectivity index (χ1v) is 28.8. The zero-order valence-electron chi connectivity index (χ0n) is 37.3. The lowest BCUT2D eigenvalue weighted by Gasteiger charge is -2.28. The van der Waals surface area contributed by atoms with Gasteiger partial charge in [0, 0.05) is 43.4 Å². The SMILES string of the molecule is O=C(O)Cc1ccc(SC2=C(/C=C/c3cc(-c4ccc(S(=O)(=O)O)cc4)cc(-c4ccccc4)[s+]3)C3CCC(C3)/C2=C\C=C2/C=C(c3ccc(S(=O)(=O)O)cc3)C=C(c3ccc(S(=O)(=O)O)cc3)S2)cc1. The first kappa shape index (κ1) is 50.0. The highest BCUT2D eigenvalue weighted by atomic mass is 32.2. The second-order valence-corrected chi connectivity index (χ2v) is 24.6. The topological polar surface area (TPSA) is 200 Å². The Kier molecular flexibility index (Phi) is 14.5. The summed E-state index contributed by atoms with van der Waals surface area (Å²) in [4.78, 5) is 16.4. The van der Waals surface area contributed by atoms with E-state index in [1.807, 2.05) is 72.8 Å². The molecule has 0 radical (unpaired) electrons. The summed E-state index contributed by atoms with van der Waals surface area (Å²) in [6.45, 7) is 0. The zero-order valence-corrected chi connectivity index (χ0v) is 42.2. The molecule has 11 nitrogen and oxygen atoms in total. The van der Waals surface area contributed by atoms with Gasteiger partial charge in [0.2, 0.25) is 21.1 Å². The van der Waals surface area contributed by atoms with Gasteiger partial charge in [0.15, 0.2) is 0 Å². The molecule has 0 spiro atoms. The standard InChI is InChI=1S/C54H42O11S6/c55-53(56)28-34-6-16-43(17-7-34)68-54-49(26-18-44-30-41(32-51(66-44)37-4-2-1-3-5-37)35-10-20-46(21-11-35)69(57,58)59)39-8-9-40(29-39)50(54)27-19-45-31-42(36-12-22-47(23-13-36)70(60,61)62)33-52(67-45)38-14-24-48(25-15-38)71(63,64)65/h1-7,10-27,30-33,39-40H,8-9,28-29H2,(H3-,55,56,57,58,59,60,61,62,63,64,65)/p+1. The van der Waals surface area contributed by atoms with Crippen LogP contribution in [0.2, 0.25) is 0 Å². The van der Waals surface area contributed by atoms with Crippen molar-refractivity contribution in [3.8, 4) is 21.6 Å². The number of rotatable bonds is 14. The Hall–Kier alpha value is -5.99. The summed E-state index contributed by atoms with van der Waals surface area (Å²) in [6, 6.07) is 39.5. The van der Waals surface area contributed by atoms with Crippen molar-refractivity contribution in [2.24, 2.45) is 11.8 Å². The fourth-order valence-corrected chi connectivity index (χ4v) is 13.5. The van der Waals surface area contributed by atoms with E-state index in [0.717, 1.165) is 82.0 Å². The first-order valence-electron chi connectivity index (χ1n) is 22.1. The Bertz CT molecular complexity index is 3600. The predicted molar refractivity (Wildman–Crippen MR) is 282 cm³/mol. The van der Waals surface area contributed by atoms with Gasteiger partial charge in [-0.25, -0.2) is 0 Å². The van der Waals surface area contributed by atoms with E-state index < -0.39 is 36.3 Å². The lowest BCUT2D eigenvalue weighted by atomic mass is 9.84. The Morgan fingerprint density at radius 3 is 1.79 bits per heavy atom. The molecule has 2 unspecified atom stereocenters. The highest BCUT2D eigenvalue weighted by molar-refractivity contribution is 8.12. The summed E-state index contributed by atoms with van der Waals surface area (Å²) in [6.07, 6.45) is 15.1. The van der Waals surface area contributed by atoms with Crippen LogP contribution in [-0.4, -0.2) is 50.0 Å². The van der Waals surface area contributed by atoms with Gasteiger partial charge in [0.05, 0.1) is 21.1 Å². The summed E-state index contributed by atoms with van der Waals surface area (Å²) < 4.78 is 100. The molecule has 17 heteroatoms. The van der Waals surface area contributed by atoms with E-state index >= 15 is 0 Å². The number of fused-ring (bicyclic) bond motifs is 2. The van der Waals surface area contributed by atoms with Crippen molar-refractivity contribution < 1.29 is 48.8 Å². The molecule has 2 heterocycles. The van der Waals surface area contributed by atoms with E-state index in [-0.39, 0.29) is 32.9 Å². The van der Waals surface area contributed by atoms with Crippen LogP contribution in [0, 0.1) is 11.8 Å². The van der Waals surface area contributed by atoms with Gasteiger partial charge in [-0.1, -0.05) is 102 Å². The van der Waals surface area contributed by atoms with Crippen LogP contribution in [0.15, 0.2) is 210 Å². The third-order valence-electron chi connectivity index (χ3n) is 12.3. The average Bonchev–Trinajstić information content (AvgIpc) is 3.78. The maximum atomic E-state index is 11.9. The summed E-state index contributed by atoms with van der Waals surface area (Å²) in [5.74, 6) is -0.428. The van der Waals surface area contributed by atoms with E-state index in [9.17, 15) is 48.8 Å². The number of benzene rings is 5. The normalized spacial score (nSPS) is 18.5. The van der Waals surface area contributed by atoms with Crippen LogP contribution in [0.3, 0.4) is 0 Å². The van der Waals surface area contributed by atoms with Crippen molar-refractivity contribution in [1.29, 1.82) is 0 Å². The Labute approximate surface area is 424 Å². The van der Waals surface area contributed by atoms with Crippen LogP contribution in [0.25, 0.3) is 38.1 Å².